The van der Waals surface area contributed by atoms with Gasteiger partial charge >= 0.3 is 0 Å². The maximum Gasteiger partial charge on any atom is 0.123 e. The van der Waals surface area contributed by atoms with Gasteiger partial charge in [0, 0.05) is 18.0 Å². The molecule has 0 N–H and O–H groups in total. The molecule has 1 aromatic rings. The zero-order valence-corrected chi connectivity index (χ0v) is 11.8. The van der Waals surface area contributed by atoms with E-state index in [4.69, 9.17) is 16.3 Å². The number of nitrogens with zero attached hydrogens (tertiary/aromatic N) is 1. The Morgan fingerprint density at radius 1 is 1.35 bits per heavy atom. The number of methoxy groups -OCH3 is 1. The van der Waals surface area contributed by atoms with Crippen molar-refractivity contribution in [2.24, 2.45) is 0 Å². The van der Waals surface area contributed by atoms with Crippen LogP contribution < -0.4 is 4.74 Å². The van der Waals surface area contributed by atoms with E-state index in [9.17, 15) is 0 Å². The lowest BCUT2D eigenvalue weighted by molar-refractivity contribution is 0.318. The van der Waals surface area contributed by atoms with Gasteiger partial charge in [-0.1, -0.05) is 19.1 Å². The van der Waals surface area contributed by atoms with E-state index in [1.807, 2.05) is 0 Å². The van der Waals surface area contributed by atoms with Gasteiger partial charge in [0.1, 0.15) is 5.75 Å². The maximum absolute atomic E-state index is 5.70. The summed E-state index contributed by atoms with van der Waals surface area (Å²) in [6.07, 6.45) is 2.08. The van der Waals surface area contributed by atoms with Gasteiger partial charge in [-0.25, -0.2) is 0 Å². The highest BCUT2D eigenvalue weighted by atomic mass is 35.5. The van der Waals surface area contributed by atoms with Gasteiger partial charge < -0.3 is 9.64 Å². The molecule has 0 spiro atoms. The Hall–Kier alpha value is -0.730. The van der Waals surface area contributed by atoms with Gasteiger partial charge in [-0.05, 0) is 38.1 Å². The zero-order chi connectivity index (χ0) is 12.7. The van der Waals surface area contributed by atoms with Gasteiger partial charge in [-0.3, -0.25) is 0 Å². The van der Waals surface area contributed by atoms with Crippen LogP contribution in [0.3, 0.4) is 0 Å². The quantitative estimate of drug-likeness (QED) is 0.693. The summed E-state index contributed by atoms with van der Waals surface area (Å²) in [4.78, 5) is 2.28. The summed E-state index contributed by atoms with van der Waals surface area (Å²) in [5, 5.41) is 0. The molecule has 0 unspecified atom stereocenters. The lowest BCUT2D eigenvalue weighted by atomic mass is 10.1. The zero-order valence-electron chi connectivity index (χ0n) is 11.0. The van der Waals surface area contributed by atoms with Crippen molar-refractivity contribution in [3.63, 3.8) is 0 Å². The highest BCUT2D eigenvalue weighted by molar-refractivity contribution is 6.17. The summed E-state index contributed by atoms with van der Waals surface area (Å²) in [6.45, 7) is 4.10. The molecule has 96 valence electrons. The number of hydrogen-bond acceptors (Lipinski definition) is 2. The second kappa shape index (κ2) is 7.57. The Bertz CT molecular complexity index is 341. The molecule has 0 aliphatic carbocycles. The maximum atomic E-state index is 5.70. The summed E-state index contributed by atoms with van der Waals surface area (Å²) in [7, 11) is 3.84. The van der Waals surface area contributed by atoms with Gasteiger partial charge in [0.15, 0.2) is 0 Å². The molecule has 17 heavy (non-hydrogen) atoms. The molecule has 2 nitrogen and oxygen atoms in total. The first-order valence-corrected chi connectivity index (χ1v) is 6.65. The summed E-state index contributed by atoms with van der Waals surface area (Å²) < 4.78 is 5.40. The molecule has 3 heteroatoms. The average Bonchev–Trinajstić information content (AvgIpc) is 2.36. The molecule has 1 aromatic carbocycles. The molecule has 0 aromatic heterocycles. The van der Waals surface area contributed by atoms with Crippen LogP contribution in [0.1, 0.15) is 24.5 Å². The van der Waals surface area contributed by atoms with Crippen molar-refractivity contribution in [2.45, 2.75) is 26.3 Å². The highest BCUT2D eigenvalue weighted by Gasteiger charge is 2.07. The number of halogens is 1. The fraction of sp³-hybridized carbons (Fsp3) is 0.571. The molecule has 0 bridgehead atoms. The fourth-order valence-corrected chi connectivity index (χ4v) is 1.99. The summed E-state index contributed by atoms with van der Waals surface area (Å²) in [5.41, 5.74) is 2.61. The molecule has 0 saturated heterocycles. The smallest absolute Gasteiger partial charge is 0.123 e. The normalized spacial score (nSPS) is 10.9. The Morgan fingerprint density at radius 3 is 2.71 bits per heavy atom. The fourth-order valence-electron chi connectivity index (χ4n) is 1.87. The summed E-state index contributed by atoms with van der Waals surface area (Å²) in [6, 6.07) is 6.42. The van der Waals surface area contributed by atoms with E-state index in [1.165, 1.54) is 11.1 Å². The summed E-state index contributed by atoms with van der Waals surface area (Å²) >= 11 is 5.70. The lowest BCUT2D eigenvalue weighted by Gasteiger charge is -2.18. The Balaban J connectivity index is 2.72. The summed E-state index contributed by atoms with van der Waals surface area (Å²) in [5.74, 6) is 1.69. The van der Waals surface area contributed by atoms with Crippen LogP contribution in [0.15, 0.2) is 18.2 Å². The monoisotopic (exact) mass is 255 g/mol. The van der Waals surface area contributed by atoms with Crippen LogP contribution in [-0.4, -0.2) is 31.5 Å². The van der Waals surface area contributed by atoms with Crippen molar-refractivity contribution in [3.8, 4) is 5.75 Å². The third kappa shape index (κ3) is 4.57. The number of benzene rings is 1. The van der Waals surface area contributed by atoms with Crippen molar-refractivity contribution in [1.29, 1.82) is 0 Å². The van der Waals surface area contributed by atoms with Crippen LogP contribution in [0.4, 0.5) is 0 Å². The third-order valence-electron chi connectivity index (χ3n) is 2.87. The van der Waals surface area contributed by atoms with E-state index in [0.29, 0.717) is 0 Å². The van der Waals surface area contributed by atoms with Crippen LogP contribution >= 0.6 is 11.6 Å². The van der Waals surface area contributed by atoms with Crippen molar-refractivity contribution >= 4 is 11.6 Å². The van der Waals surface area contributed by atoms with Crippen LogP contribution in [0.5, 0.6) is 5.75 Å². The number of aryl methyl sites for hydroxylation is 1. The first kappa shape index (κ1) is 14.3. The first-order chi connectivity index (χ1) is 8.21. The molecule has 0 aliphatic heterocycles. The first-order valence-electron chi connectivity index (χ1n) is 6.11. The predicted molar refractivity (Wildman–Crippen MR) is 74.0 cm³/mol. The topological polar surface area (TPSA) is 12.5 Å². The van der Waals surface area contributed by atoms with Crippen LogP contribution in [0, 0.1) is 0 Å². The van der Waals surface area contributed by atoms with Crippen molar-refractivity contribution in [1.82, 2.24) is 4.90 Å². The minimum Gasteiger partial charge on any atom is -0.496 e. The molecule has 0 heterocycles. The molecule has 0 atom stereocenters. The van der Waals surface area contributed by atoms with E-state index in [-0.39, 0.29) is 0 Å². The Kier molecular flexibility index (Phi) is 6.38. The van der Waals surface area contributed by atoms with Gasteiger partial charge in [-0.2, -0.15) is 0 Å². The van der Waals surface area contributed by atoms with Crippen LogP contribution in [0.2, 0.25) is 0 Å². The van der Waals surface area contributed by atoms with E-state index in [2.05, 4.69) is 37.1 Å². The molecule has 0 radical (unpaired) electrons. The molecule has 0 amide bonds. The lowest BCUT2D eigenvalue weighted by Crippen LogP contribution is -2.19. The number of hydrogen-bond donors (Lipinski definition) is 0. The van der Waals surface area contributed by atoms with E-state index in [0.717, 1.165) is 37.6 Å². The van der Waals surface area contributed by atoms with Gasteiger partial charge in [0.05, 0.1) is 7.11 Å². The minimum atomic E-state index is 0.719. The van der Waals surface area contributed by atoms with Gasteiger partial charge in [0.2, 0.25) is 0 Å². The van der Waals surface area contributed by atoms with Gasteiger partial charge in [-0.15, -0.1) is 11.6 Å². The number of rotatable bonds is 7. The standard InChI is InChI=1S/C14H22ClNO/c1-4-12-6-7-14(17-3)13(10-12)11-16(2)9-5-8-15/h6-7,10H,4-5,8-9,11H2,1-3H3. The van der Waals surface area contributed by atoms with Crippen molar-refractivity contribution in [2.75, 3.05) is 26.6 Å². The molecule has 0 fully saturated rings. The largest absolute Gasteiger partial charge is 0.496 e. The Labute approximate surface area is 110 Å². The molecule has 0 aliphatic rings. The molecule has 0 saturated carbocycles. The number of alkyl halides is 1. The van der Waals surface area contributed by atoms with Crippen LogP contribution in [0.25, 0.3) is 0 Å². The van der Waals surface area contributed by atoms with Gasteiger partial charge in [0.25, 0.3) is 0 Å². The predicted octanol–water partition coefficient (Wildman–Crippen LogP) is 3.32. The van der Waals surface area contributed by atoms with E-state index in [1.54, 1.807) is 7.11 Å². The molecular weight excluding hydrogens is 234 g/mol. The Morgan fingerprint density at radius 2 is 2.12 bits per heavy atom. The van der Waals surface area contributed by atoms with Crippen LogP contribution in [-0.2, 0) is 13.0 Å². The van der Waals surface area contributed by atoms with E-state index >= 15 is 0 Å². The van der Waals surface area contributed by atoms with E-state index < -0.39 is 0 Å². The molecular formula is C14H22ClNO. The van der Waals surface area contributed by atoms with Crippen molar-refractivity contribution < 1.29 is 4.74 Å². The average molecular weight is 256 g/mol. The third-order valence-corrected chi connectivity index (χ3v) is 3.13. The molecule has 1 rings (SSSR count). The van der Waals surface area contributed by atoms with Crippen molar-refractivity contribution in [3.05, 3.63) is 29.3 Å². The number of ether oxygens (including phenoxy) is 1. The minimum absolute atomic E-state index is 0.719. The highest BCUT2D eigenvalue weighted by Crippen LogP contribution is 2.21. The second-order valence-electron chi connectivity index (χ2n) is 4.28. The second-order valence-corrected chi connectivity index (χ2v) is 4.66. The SMILES string of the molecule is CCc1ccc(OC)c(CN(C)CCCCl)c1.